The number of carbonyl (C=O) groups is 2. The third-order valence-corrected chi connectivity index (χ3v) is 3.22. The lowest BCUT2D eigenvalue weighted by atomic mass is 10.1. The molecule has 1 unspecified atom stereocenters. The predicted molar refractivity (Wildman–Crippen MR) is 62.8 cm³/mol. The number of amides is 1. The Hall–Kier alpha value is -1.06. The number of para-hydroxylation sites is 1. The molecule has 0 saturated carbocycles. The maximum absolute atomic E-state index is 11.7. The fourth-order valence-corrected chi connectivity index (χ4v) is 2.15. The minimum absolute atomic E-state index is 0.118. The van der Waals surface area contributed by atoms with Crippen LogP contribution in [0.1, 0.15) is 6.42 Å². The third kappa shape index (κ3) is 2.06. The lowest BCUT2D eigenvalue weighted by Gasteiger charge is -2.17. The first-order valence-corrected chi connectivity index (χ1v) is 5.59. The van der Waals surface area contributed by atoms with E-state index in [0.717, 1.165) is 0 Å². The van der Waals surface area contributed by atoms with E-state index >= 15 is 0 Å². The molecule has 1 atom stereocenters. The summed E-state index contributed by atoms with van der Waals surface area (Å²) in [5.41, 5.74) is 0.634. The van der Waals surface area contributed by atoms with Crippen molar-refractivity contribution in [2.45, 2.75) is 6.42 Å². The summed E-state index contributed by atoms with van der Waals surface area (Å²) in [7, 11) is 0. The van der Waals surface area contributed by atoms with Gasteiger partial charge in [0, 0.05) is 13.0 Å². The minimum Gasteiger partial charge on any atom is -0.310 e. The topological polar surface area (TPSA) is 37.4 Å². The summed E-state index contributed by atoms with van der Waals surface area (Å²) in [5.74, 6) is -0.544. The van der Waals surface area contributed by atoms with E-state index in [1.54, 1.807) is 24.3 Å². The summed E-state index contributed by atoms with van der Waals surface area (Å²) < 4.78 is 0. The van der Waals surface area contributed by atoms with Gasteiger partial charge in [-0.05, 0) is 23.7 Å². The van der Waals surface area contributed by atoms with E-state index in [2.05, 4.69) is 0 Å². The molecule has 5 heteroatoms. The first-order valence-electron chi connectivity index (χ1n) is 4.84. The van der Waals surface area contributed by atoms with Crippen LogP contribution in [0.4, 0.5) is 5.69 Å². The molecule has 2 rings (SSSR count). The van der Waals surface area contributed by atoms with Gasteiger partial charge in [0.25, 0.3) is 0 Å². The average molecular weight is 258 g/mol. The number of rotatable bonds is 2. The van der Waals surface area contributed by atoms with E-state index in [-0.39, 0.29) is 12.3 Å². The quantitative estimate of drug-likeness (QED) is 0.764. The number of hydrogen-bond acceptors (Lipinski definition) is 2. The maximum atomic E-state index is 11.7. The molecule has 1 aromatic carbocycles. The van der Waals surface area contributed by atoms with Crippen molar-refractivity contribution in [1.29, 1.82) is 0 Å². The Bertz CT molecular complexity index is 447. The molecule has 0 N–H and O–H groups in total. The van der Waals surface area contributed by atoms with Gasteiger partial charge in [-0.15, -0.1) is 0 Å². The molecule has 1 aliphatic heterocycles. The Balaban J connectivity index is 2.27. The molecule has 0 bridgehead atoms. The molecule has 1 saturated heterocycles. The van der Waals surface area contributed by atoms with Crippen molar-refractivity contribution in [3.63, 3.8) is 0 Å². The molecule has 0 aromatic heterocycles. The number of halogens is 2. The van der Waals surface area contributed by atoms with Crippen molar-refractivity contribution in [3.8, 4) is 0 Å². The van der Waals surface area contributed by atoms with Crippen LogP contribution in [0.3, 0.4) is 0 Å². The van der Waals surface area contributed by atoms with Gasteiger partial charge < -0.3 is 4.90 Å². The van der Waals surface area contributed by atoms with Crippen LogP contribution in [-0.2, 0) is 9.59 Å². The normalized spacial score (nSPS) is 20.2. The lowest BCUT2D eigenvalue weighted by Crippen LogP contribution is -2.25. The Labute approximate surface area is 103 Å². The maximum Gasteiger partial charge on any atom is 0.227 e. The van der Waals surface area contributed by atoms with Gasteiger partial charge in [-0.25, -0.2) is 0 Å². The molecule has 1 heterocycles. The summed E-state index contributed by atoms with van der Waals surface area (Å²) in [4.78, 5) is 24.2. The second-order valence-corrected chi connectivity index (χ2v) is 4.44. The number of anilines is 1. The van der Waals surface area contributed by atoms with Gasteiger partial charge in [0.2, 0.25) is 11.1 Å². The van der Waals surface area contributed by atoms with Crippen LogP contribution in [0.15, 0.2) is 24.3 Å². The first-order chi connectivity index (χ1) is 7.59. The molecule has 0 spiro atoms. The van der Waals surface area contributed by atoms with E-state index in [1.165, 1.54) is 4.90 Å². The summed E-state index contributed by atoms with van der Waals surface area (Å²) in [5, 5.41) is 0.0291. The standard InChI is InChI=1S/C11H9Cl2NO2/c12-8-3-1-2-4-9(8)14-6-7(11(13)16)5-10(14)15/h1-4,7H,5-6H2. The van der Waals surface area contributed by atoms with Crippen LogP contribution < -0.4 is 4.90 Å². The molecule has 1 aromatic rings. The number of carbonyl (C=O) groups excluding carboxylic acids is 2. The molecule has 0 radical (unpaired) electrons. The Kier molecular flexibility index (Phi) is 3.17. The monoisotopic (exact) mass is 257 g/mol. The van der Waals surface area contributed by atoms with Gasteiger partial charge in [-0.2, -0.15) is 0 Å². The third-order valence-electron chi connectivity index (χ3n) is 2.59. The van der Waals surface area contributed by atoms with Gasteiger partial charge in [-0.3, -0.25) is 9.59 Å². The van der Waals surface area contributed by atoms with Crippen molar-refractivity contribution in [2.24, 2.45) is 5.92 Å². The minimum atomic E-state index is -0.470. The van der Waals surface area contributed by atoms with Gasteiger partial charge in [0.05, 0.1) is 16.6 Å². The van der Waals surface area contributed by atoms with Crippen LogP contribution in [-0.4, -0.2) is 17.7 Å². The van der Waals surface area contributed by atoms with Crippen LogP contribution >= 0.6 is 23.2 Å². The van der Waals surface area contributed by atoms with E-state index in [0.29, 0.717) is 17.3 Å². The number of nitrogens with zero attached hydrogens (tertiary/aromatic N) is 1. The molecular formula is C11H9Cl2NO2. The summed E-state index contributed by atoms with van der Waals surface area (Å²) in [6, 6.07) is 7.04. The molecule has 0 aliphatic carbocycles. The molecule has 84 valence electrons. The fraction of sp³-hybridized carbons (Fsp3) is 0.273. The highest BCUT2D eigenvalue weighted by atomic mass is 35.5. The molecule has 3 nitrogen and oxygen atoms in total. The SMILES string of the molecule is O=C(Cl)C1CC(=O)N(c2ccccc2Cl)C1. The molecular weight excluding hydrogens is 249 g/mol. The van der Waals surface area contributed by atoms with Crippen molar-refractivity contribution in [1.82, 2.24) is 0 Å². The summed E-state index contributed by atoms with van der Waals surface area (Å²) in [6.07, 6.45) is 0.160. The second-order valence-electron chi connectivity index (χ2n) is 3.66. The average Bonchev–Trinajstić information content (AvgIpc) is 2.61. The van der Waals surface area contributed by atoms with Crippen LogP contribution in [0.25, 0.3) is 0 Å². The Morgan fingerprint density at radius 3 is 2.62 bits per heavy atom. The van der Waals surface area contributed by atoms with E-state index in [1.807, 2.05) is 0 Å². The van der Waals surface area contributed by atoms with Crippen molar-refractivity contribution >= 4 is 40.0 Å². The zero-order chi connectivity index (χ0) is 11.7. The second kappa shape index (κ2) is 4.44. The summed E-state index contributed by atoms with van der Waals surface area (Å²) >= 11 is 11.4. The smallest absolute Gasteiger partial charge is 0.227 e. The van der Waals surface area contributed by atoms with E-state index in [9.17, 15) is 9.59 Å². The van der Waals surface area contributed by atoms with Gasteiger partial charge >= 0.3 is 0 Å². The van der Waals surface area contributed by atoms with Crippen LogP contribution in [0.2, 0.25) is 5.02 Å². The molecule has 1 fully saturated rings. The first kappa shape index (κ1) is 11.4. The van der Waals surface area contributed by atoms with Gasteiger partial charge in [0.15, 0.2) is 0 Å². The number of hydrogen-bond donors (Lipinski definition) is 0. The number of benzene rings is 1. The van der Waals surface area contributed by atoms with E-state index in [4.69, 9.17) is 23.2 Å². The van der Waals surface area contributed by atoms with Gasteiger partial charge in [0.1, 0.15) is 0 Å². The Morgan fingerprint density at radius 1 is 1.38 bits per heavy atom. The van der Waals surface area contributed by atoms with Gasteiger partial charge in [-0.1, -0.05) is 23.7 Å². The van der Waals surface area contributed by atoms with Crippen molar-refractivity contribution in [3.05, 3.63) is 29.3 Å². The molecule has 1 amide bonds. The zero-order valence-electron chi connectivity index (χ0n) is 8.32. The van der Waals surface area contributed by atoms with Crippen molar-refractivity contribution in [2.75, 3.05) is 11.4 Å². The van der Waals surface area contributed by atoms with E-state index < -0.39 is 11.2 Å². The predicted octanol–water partition coefficient (Wildman–Crippen LogP) is 2.46. The Morgan fingerprint density at radius 2 is 2.06 bits per heavy atom. The highest BCUT2D eigenvalue weighted by molar-refractivity contribution is 6.64. The lowest BCUT2D eigenvalue weighted by molar-refractivity contribution is -0.120. The van der Waals surface area contributed by atoms with Crippen molar-refractivity contribution < 1.29 is 9.59 Å². The zero-order valence-corrected chi connectivity index (χ0v) is 9.83. The molecule has 1 aliphatic rings. The highest BCUT2D eigenvalue weighted by Gasteiger charge is 2.34. The van der Waals surface area contributed by atoms with Crippen LogP contribution in [0.5, 0.6) is 0 Å². The van der Waals surface area contributed by atoms with Crippen LogP contribution in [0, 0.1) is 5.92 Å². The highest BCUT2D eigenvalue weighted by Crippen LogP contribution is 2.31. The summed E-state index contributed by atoms with van der Waals surface area (Å²) in [6.45, 7) is 0.310. The largest absolute Gasteiger partial charge is 0.310 e. The fourth-order valence-electron chi connectivity index (χ4n) is 1.76. The molecule has 16 heavy (non-hydrogen) atoms.